The molecule has 0 spiro atoms. The van der Waals surface area contributed by atoms with Crippen LogP contribution in [0.3, 0.4) is 0 Å². The number of sulfone groups is 1. The van der Waals surface area contributed by atoms with Crippen molar-refractivity contribution in [3.63, 3.8) is 0 Å². The predicted molar refractivity (Wildman–Crippen MR) is 120 cm³/mol. The largest absolute Gasteiger partial charge is 0.310 e. The van der Waals surface area contributed by atoms with Crippen molar-refractivity contribution >= 4 is 45.0 Å². The zero-order valence-electron chi connectivity index (χ0n) is 17.1. The Kier molecular flexibility index (Phi) is 5.06. The van der Waals surface area contributed by atoms with E-state index in [0.717, 1.165) is 4.90 Å². The van der Waals surface area contributed by atoms with Gasteiger partial charge in [-0.1, -0.05) is 29.8 Å². The third-order valence-corrected chi connectivity index (χ3v) is 7.22. The minimum Gasteiger partial charge on any atom is -0.310 e. The summed E-state index contributed by atoms with van der Waals surface area (Å²) in [6, 6.07) is 13.3. The van der Waals surface area contributed by atoms with Crippen LogP contribution in [0.25, 0.3) is 5.69 Å². The van der Waals surface area contributed by atoms with E-state index in [0.29, 0.717) is 33.1 Å². The number of benzene rings is 2. The second-order valence-corrected chi connectivity index (χ2v) is 10.3. The van der Waals surface area contributed by atoms with Gasteiger partial charge in [0, 0.05) is 23.6 Å². The van der Waals surface area contributed by atoms with Crippen LogP contribution >= 0.6 is 11.6 Å². The lowest BCUT2D eigenvalue weighted by Crippen LogP contribution is -2.33. The van der Waals surface area contributed by atoms with Crippen LogP contribution in [0.1, 0.15) is 38.4 Å². The maximum atomic E-state index is 12.8. The van der Waals surface area contributed by atoms with Crippen molar-refractivity contribution in [2.75, 3.05) is 11.9 Å². The molecule has 0 radical (unpaired) electrons. The van der Waals surface area contributed by atoms with Crippen molar-refractivity contribution in [3.05, 3.63) is 75.9 Å². The fourth-order valence-electron chi connectivity index (χ4n) is 4.02. The number of hydrogen-bond acceptors (Lipinski definition) is 6. The van der Waals surface area contributed by atoms with Gasteiger partial charge >= 0.3 is 0 Å². The fourth-order valence-corrected chi connectivity index (χ4v) is 5.69. The quantitative estimate of drug-likeness (QED) is 0.556. The number of amides is 3. The average Bonchev–Trinajstić information content (AvgIpc) is 3.34. The lowest BCUT2D eigenvalue weighted by Gasteiger charge is -2.15. The van der Waals surface area contributed by atoms with Gasteiger partial charge < -0.3 is 5.32 Å². The molecule has 9 nitrogen and oxygen atoms in total. The van der Waals surface area contributed by atoms with E-state index >= 15 is 0 Å². The molecule has 11 heteroatoms. The molecule has 2 aliphatic rings. The van der Waals surface area contributed by atoms with E-state index in [-0.39, 0.29) is 30.3 Å². The van der Waals surface area contributed by atoms with Gasteiger partial charge in [-0.2, -0.15) is 5.10 Å². The lowest BCUT2D eigenvalue weighted by molar-refractivity contribution is -0.116. The standard InChI is InChI=1S/C22H17ClN4O5S/c23-13-4-3-5-14(10-13)27-20(17-11-33(31,32)12-18(17)25-27)24-19(28)8-9-26-21(29)15-6-1-2-7-16(15)22(26)30/h1-7,10H,8-9,11-12H2,(H,24,28). The molecule has 168 valence electrons. The van der Waals surface area contributed by atoms with Gasteiger partial charge in [-0.25, -0.2) is 13.1 Å². The molecule has 0 saturated heterocycles. The molecule has 1 N–H and O–H groups in total. The van der Waals surface area contributed by atoms with Crippen LogP contribution in [-0.2, 0) is 26.1 Å². The number of carbonyl (C=O) groups is 3. The van der Waals surface area contributed by atoms with Crippen LogP contribution in [0.4, 0.5) is 5.82 Å². The Morgan fingerprint density at radius 1 is 1.03 bits per heavy atom. The molecule has 0 atom stereocenters. The normalized spacial score (nSPS) is 16.1. The Balaban J connectivity index is 1.38. The Bertz CT molecular complexity index is 1410. The second-order valence-electron chi connectivity index (χ2n) is 7.80. The number of aromatic nitrogens is 2. The first-order valence-corrected chi connectivity index (χ1v) is 12.3. The van der Waals surface area contributed by atoms with Gasteiger partial charge in [-0.3, -0.25) is 19.3 Å². The second kappa shape index (κ2) is 7.82. The summed E-state index contributed by atoms with van der Waals surface area (Å²) < 4.78 is 25.7. The Hall–Kier alpha value is -3.50. The van der Waals surface area contributed by atoms with Gasteiger partial charge in [-0.15, -0.1) is 0 Å². The number of carbonyl (C=O) groups excluding carboxylic acids is 3. The first-order chi connectivity index (χ1) is 15.7. The third kappa shape index (κ3) is 3.81. The van der Waals surface area contributed by atoms with E-state index in [1.807, 2.05) is 0 Å². The van der Waals surface area contributed by atoms with Crippen molar-refractivity contribution in [2.24, 2.45) is 0 Å². The average molecular weight is 485 g/mol. The Labute approximate surface area is 193 Å². The number of imide groups is 1. The molecule has 0 saturated carbocycles. The number of halogens is 1. The van der Waals surface area contributed by atoms with Crippen molar-refractivity contribution < 1.29 is 22.8 Å². The van der Waals surface area contributed by atoms with Gasteiger partial charge in [0.05, 0.1) is 34.0 Å². The number of nitrogens with one attached hydrogen (secondary N) is 1. The highest BCUT2D eigenvalue weighted by Gasteiger charge is 2.36. The zero-order valence-corrected chi connectivity index (χ0v) is 18.7. The van der Waals surface area contributed by atoms with E-state index in [1.54, 1.807) is 48.5 Å². The molecular formula is C22H17ClN4O5S. The molecule has 0 unspecified atom stereocenters. The van der Waals surface area contributed by atoms with E-state index < -0.39 is 27.6 Å². The number of hydrogen-bond donors (Lipinski definition) is 1. The summed E-state index contributed by atoms with van der Waals surface area (Å²) in [6.45, 7) is -0.107. The summed E-state index contributed by atoms with van der Waals surface area (Å²) in [5.74, 6) is -1.59. The summed E-state index contributed by atoms with van der Waals surface area (Å²) >= 11 is 6.09. The van der Waals surface area contributed by atoms with Crippen molar-refractivity contribution in [2.45, 2.75) is 17.9 Å². The molecule has 0 fully saturated rings. The number of anilines is 1. The Morgan fingerprint density at radius 3 is 2.39 bits per heavy atom. The van der Waals surface area contributed by atoms with Crippen LogP contribution in [-0.4, -0.2) is 47.4 Å². The van der Waals surface area contributed by atoms with Gasteiger partial charge in [-0.05, 0) is 30.3 Å². The summed E-state index contributed by atoms with van der Waals surface area (Å²) in [4.78, 5) is 38.8. The van der Waals surface area contributed by atoms with Crippen LogP contribution in [0, 0.1) is 0 Å². The number of nitrogens with zero attached hydrogens (tertiary/aromatic N) is 3. The molecule has 5 rings (SSSR count). The molecule has 33 heavy (non-hydrogen) atoms. The lowest BCUT2D eigenvalue weighted by atomic mass is 10.1. The Morgan fingerprint density at radius 2 is 1.73 bits per heavy atom. The summed E-state index contributed by atoms with van der Waals surface area (Å²) in [5.41, 5.74) is 1.97. The van der Waals surface area contributed by atoms with Crippen molar-refractivity contribution in [1.29, 1.82) is 0 Å². The SMILES string of the molecule is O=C(CCN1C(=O)c2ccccc2C1=O)Nc1c2c(nn1-c1cccc(Cl)c1)CS(=O)(=O)C2. The molecule has 1 aromatic heterocycles. The van der Waals surface area contributed by atoms with E-state index in [2.05, 4.69) is 10.4 Å². The van der Waals surface area contributed by atoms with Gasteiger partial charge in [0.25, 0.3) is 11.8 Å². The van der Waals surface area contributed by atoms with Crippen LogP contribution in [0.2, 0.25) is 5.02 Å². The molecule has 3 aromatic rings. The van der Waals surface area contributed by atoms with E-state index in [9.17, 15) is 22.8 Å². The smallest absolute Gasteiger partial charge is 0.261 e. The molecule has 0 aliphatic carbocycles. The maximum absolute atomic E-state index is 12.8. The van der Waals surface area contributed by atoms with Crippen LogP contribution in [0.15, 0.2) is 48.5 Å². The highest BCUT2D eigenvalue weighted by Crippen LogP contribution is 2.33. The summed E-state index contributed by atoms with van der Waals surface area (Å²) in [6.07, 6.45) is -0.159. The highest BCUT2D eigenvalue weighted by atomic mass is 35.5. The third-order valence-electron chi connectivity index (χ3n) is 5.54. The predicted octanol–water partition coefficient (Wildman–Crippen LogP) is 2.58. The summed E-state index contributed by atoms with van der Waals surface area (Å²) in [7, 11) is -3.35. The minimum atomic E-state index is -3.35. The molecular weight excluding hydrogens is 468 g/mol. The number of rotatable bonds is 5. The highest BCUT2D eigenvalue weighted by molar-refractivity contribution is 7.90. The minimum absolute atomic E-state index is 0.107. The van der Waals surface area contributed by atoms with Gasteiger partial charge in [0.15, 0.2) is 9.84 Å². The first-order valence-electron chi connectivity index (χ1n) is 10.1. The molecule has 3 heterocycles. The first kappa shape index (κ1) is 21.4. The van der Waals surface area contributed by atoms with Crippen LogP contribution < -0.4 is 5.32 Å². The van der Waals surface area contributed by atoms with Crippen molar-refractivity contribution in [3.8, 4) is 5.69 Å². The van der Waals surface area contributed by atoms with E-state index in [1.165, 1.54) is 4.68 Å². The van der Waals surface area contributed by atoms with Crippen molar-refractivity contribution in [1.82, 2.24) is 14.7 Å². The molecule has 0 bridgehead atoms. The van der Waals surface area contributed by atoms with Gasteiger partial charge in [0.1, 0.15) is 5.82 Å². The molecule has 2 aromatic carbocycles. The van der Waals surface area contributed by atoms with Gasteiger partial charge in [0.2, 0.25) is 5.91 Å². The monoisotopic (exact) mass is 484 g/mol. The summed E-state index contributed by atoms with van der Waals surface area (Å²) in [5, 5.41) is 7.57. The van der Waals surface area contributed by atoms with E-state index in [4.69, 9.17) is 11.6 Å². The zero-order chi connectivity index (χ0) is 23.3. The molecule has 3 amide bonds. The number of fused-ring (bicyclic) bond motifs is 2. The maximum Gasteiger partial charge on any atom is 0.261 e. The van der Waals surface area contributed by atoms with Crippen LogP contribution in [0.5, 0.6) is 0 Å². The topological polar surface area (TPSA) is 118 Å². The molecule has 2 aliphatic heterocycles. The fraction of sp³-hybridized carbons (Fsp3) is 0.182.